The lowest BCUT2D eigenvalue weighted by Gasteiger charge is -2.07. The maximum Gasteiger partial charge on any atom is 0.304 e. The van der Waals surface area contributed by atoms with Crippen molar-refractivity contribution < 1.29 is 23.9 Å². The molecular weight excluding hydrogens is 350 g/mol. The summed E-state index contributed by atoms with van der Waals surface area (Å²) in [5.74, 6) is 0.701. The lowest BCUT2D eigenvalue weighted by atomic mass is 10.1. The summed E-state index contributed by atoms with van der Waals surface area (Å²) in [5, 5.41) is 12.7. The summed E-state index contributed by atoms with van der Waals surface area (Å²) in [4.78, 5) is 19.3. The lowest BCUT2D eigenvalue weighted by Crippen LogP contribution is -2.03. The number of carboxylic acids is 1. The summed E-state index contributed by atoms with van der Waals surface area (Å²) in [7, 11) is 1.62. The zero-order valence-corrected chi connectivity index (χ0v) is 15.0. The zero-order chi connectivity index (χ0) is 19.2. The maximum atomic E-state index is 10.8. The Morgan fingerprint density at radius 2 is 1.93 bits per heavy atom. The molecule has 0 aliphatic carbocycles. The highest BCUT2D eigenvalue weighted by Gasteiger charge is 2.18. The van der Waals surface area contributed by atoms with Crippen molar-refractivity contribution in [3.63, 3.8) is 0 Å². The molecule has 1 aromatic carbocycles. The van der Waals surface area contributed by atoms with Gasteiger partial charge in [-0.3, -0.25) is 4.79 Å². The van der Waals surface area contributed by atoms with E-state index in [4.69, 9.17) is 19.1 Å². The van der Waals surface area contributed by atoms with Crippen molar-refractivity contribution in [2.45, 2.75) is 25.9 Å². The Hall–Kier alpha value is -3.42. The molecule has 8 heteroatoms. The van der Waals surface area contributed by atoms with Crippen molar-refractivity contribution in [2.75, 3.05) is 7.11 Å². The van der Waals surface area contributed by atoms with Crippen molar-refractivity contribution >= 4 is 5.97 Å². The fourth-order valence-corrected chi connectivity index (χ4v) is 2.38. The normalized spacial score (nSPS) is 11.8. The van der Waals surface area contributed by atoms with Crippen molar-refractivity contribution in [3.8, 4) is 23.0 Å². The Labute approximate surface area is 155 Å². The van der Waals surface area contributed by atoms with Crippen LogP contribution in [0.15, 0.2) is 47.1 Å². The van der Waals surface area contributed by atoms with E-state index in [0.717, 1.165) is 11.3 Å². The van der Waals surface area contributed by atoms with Crippen LogP contribution in [0.25, 0.3) is 11.5 Å². The van der Waals surface area contributed by atoms with E-state index in [-0.39, 0.29) is 18.2 Å². The number of nitrogens with zero attached hydrogens (tertiary/aromatic N) is 3. The van der Waals surface area contributed by atoms with Gasteiger partial charge >= 0.3 is 5.97 Å². The molecule has 0 amide bonds. The molecule has 140 valence electrons. The number of ether oxygens (including phenoxy) is 2. The van der Waals surface area contributed by atoms with Crippen LogP contribution in [0.5, 0.6) is 11.5 Å². The van der Waals surface area contributed by atoms with Crippen molar-refractivity contribution in [1.29, 1.82) is 0 Å². The summed E-state index contributed by atoms with van der Waals surface area (Å²) in [6.45, 7) is 2.12. The molecule has 3 rings (SSSR count). The van der Waals surface area contributed by atoms with E-state index in [1.165, 1.54) is 0 Å². The zero-order valence-electron chi connectivity index (χ0n) is 15.0. The Morgan fingerprint density at radius 3 is 2.56 bits per heavy atom. The molecule has 3 aromatic rings. The van der Waals surface area contributed by atoms with Gasteiger partial charge in [-0.2, -0.15) is 4.98 Å². The van der Waals surface area contributed by atoms with Gasteiger partial charge in [0, 0.05) is 5.92 Å². The highest BCUT2D eigenvalue weighted by Crippen LogP contribution is 2.22. The molecule has 8 nitrogen and oxygen atoms in total. The second-order valence-electron chi connectivity index (χ2n) is 5.97. The monoisotopic (exact) mass is 369 g/mol. The minimum atomic E-state index is -0.918. The molecule has 0 aliphatic rings. The molecule has 1 unspecified atom stereocenters. The van der Waals surface area contributed by atoms with E-state index in [0.29, 0.717) is 23.9 Å². The smallest absolute Gasteiger partial charge is 0.304 e. The van der Waals surface area contributed by atoms with Crippen LogP contribution in [0.2, 0.25) is 0 Å². The van der Waals surface area contributed by atoms with Gasteiger partial charge in [-0.05, 0) is 29.8 Å². The topological polar surface area (TPSA) is 108 Å². The van der Waals surface area contributed by atoms with Crippen LogP contribution in [0, 0.1) is 0 Å². The molecule has 0 aliphatic heterocycles. The standard InChI is InChI=1S/C19H19N3O5/c1-12(9-17(23)24)19-21-18(22-27-19)16-8-7-15(10-20-16)26-11-13-3-5-14(25-2)6-4-13/h3-8,10,12H,9,11H2,1-2H3,(H,23,24). The molecule has 0 spiro atoms. The first-order valence-corrected chi connectivity index (χ1v) is 8.32. The number of carboxylic acid groups (broad SMARTS) is 1. The molecule has 0 saturated carbocycles. The second kappa shape index (κ2) is 8.31. The molecule has 0 radical (unpaired) electrons. The van der Waals surface area contributed by atoms with E-state index in [2.05, 4.69) is 15.1 Å². The minimum Gasteiger partial charge on any atom is -0.497 e. The first-order valence-electron chi connectivity index (χ1n) is 8.32. The van der Waals surface area contributed by atoms with Gasteiger partial charge in [-0.15, -0.1) is 0 Å². The Bertz CT molecular complexity index is 890. The van der Waals surface area contributed by atoms with Crippen LogP contribution in [0.1, 0.15) is 30.7 Å². The molecule has 0 bridgehead atoms. The molecule has 27 heavy (non-hydrogen) atoms. The van der Waals surface area contributed by atoms with Crippen LogP contribution in [0.3, 0.4) is 0 Å². The van der Waals surface area contributed by atoms with Gasteiger partial charge in [0.05, 0.1) is 19.7 Å². The first-order chi connectivity index (χ1) is 13.0. The number of aromatic nitrogens is 3. The van der Waals surface area contributed by atoms with Gasteiger partial charge in [0.1, 0.15) is 23.8 Å². The summed E-state index contributed by atoms with van der Waals surface area (Å²) >= 11 is 0. The van der Waals surface area contributed by atoms with E-state index >= 15 is 0 Å². The molecular formula is C19H19N3O5. The molecule has 1 atom stereocenters. The number of carbonyl (C=O) groups is 1. The van der Waals surface area contributed by atoms with E-state index in [1.54, 1.807) is 32.4 Å². The first kappa shape index (κ1) is 18.4. The Balaban J connectivity index is 1.61. The van der Waals surface area contributed by atoms with Gasteiger partial charge in [0.2, 0.25) is 11.7 Å². The van der Waals surface area contributed by atoms with Crippen molar-refractivity contribution in [2.24, 2.45) is 0 Å². The van der Waals surface area contributed by atoms with E-state index in [1.807, 2.05) is 24.3 Å². The molecule has 2 aromatic heterocycles. The highest BCUT2D eigenvalue weighted by atomic mass is 16.5. The number of pyridine rings is 1. The second-order valence-corrected chi connectivity index (χ2v) is 5.97. The Morgan fingerprint density at radius 1 is 1.19 bits per heavy atom. The maximum absolute atomic E-state index is 10.8. The van der Waals surface area contributed by atoms with E-state index in [9.17, 15) is 4.79 Å². The molecule has 0 saturated heterocycles. The Kier molecular flexibility index (Phi) is 5.65. The van der Waals surface area contributed by atoms with Crippen LogP contribution in [-0.4, -0.2) is 33.3 Å². The average Bonchev–Trinajstić information content (AvgIpc) is 3.17. The minimum absolute atomic E-state index is 0.0762. The molecule has 0 fully saturated rings. The van der Waals surface area contributed by atoms with Crippen LogP contribution in [0.4, 0.5) is 0 Å². The van der Waals surface area contributed by atoms with Gasteiger partial charge in [-0.25, -0.2) is 4.98 Å². The van der Waals surface area contributed by atoms with Crippen molar-refractivity contribution in [3.05, 3.63) is 54.0 Å². The third-order valence-corrected chi connectivity index (χ3v) is 3.87. The third-order valence-electron chi connectivity index (χ3n) is 3.87. The number of aliphatic carboxylic acids is 1. The lowest BCUT2D eigenvalue weighted by molar-refractivity contribution is -0.137. The predicted octanol–water partition coefficient (Wildman–Crippen LogP) is 3.30. The van der Waals surface area contributed by atoms with Crippen molar-refractivity contribution in [1.82, 2.24) is 15.1 Å². The average molecular weight is 369 g/mol. The van der Waals surface area contributed by atoms with Crippen LogP contribution < -0.4 is 9.47 Å². The SMILES string of the molecule is COc1ccc(COc2ccc(-c3noc(C(C)CC(=O)O)n3)nc2)cc1. The van der Waals surface area contributed by atoms with Gasteiger partial charge in [0.25, 0.3) is 0 Å². The van der Waals surface area contributed by atoms with Gasteiger partial charge < -0.3 is 19.1 Å². The molecule has 2 heterocycles. The number of benzene rings is 1. The van der Waals surface area contributed by atoms with Gasteiger partial charge in [0.15, 0.2) is 0 Å². The summed E-state index contributed by atoms with van der Waals surface area (Å²) < 4.78 is 16.0. The number of rotatable bonds is 8. The quantitative estimate of drug-likeness (QED) is 0.644. The largest absolute Gasteiger partial charge is 0.497 e. The number of methoxy groups -OCH3 is 1. The van der Waals surface area contributed by atoms with Gasteiger partial charge in [-0.1, -0.05) is 24.2 Å². The highest BCUT2D eigenvalue weighted by molar-refractivity contribution is 5.67. The fraction of sp³-hybridized carbons (Fsp3) is 0.263. The number of hydrogen-bond donors (Lipinski definition) is 1. The third kappa shape index (κ3) is 4.81. The van der Waals surface area contributed by atoms with E-state index < -0.39 is 5.97 Å². The molecule has 1 N–H and O–H groups in total. The van der Waals surface area contributed by atoms with Crippen LogP contribution >= 0.6 is 0 Å². The van der Waals surface area contributed by atoms with Crippen LogP contribution in [-0.2, 0) is 11.4 Å². The summed E-state index contributed by atoms with van der Waals surface area (Å²) in [6.07, 6.45) is 1.50. The summed E-state index contributed by atoms with van der Waals surface area (Å²) in [6, 6.07) is 11.1. The number of hydrogen-bond acceptors (Lipinski definition) is 7. The predicted molar refractivity (Wildman–Crippen MR) is 95.5 cm³/mol. The summed E-state index contributed by atoms with van der Waals surface area (Å²) in [5.41, 5.74) is 1.53. The fourth-order valence-electron chi connectivity index (χ4n) is 2.38.